The predicted molar refractivity (Wildman–Crippen MR) is 111 cm³/mol. The van der Waals surface area contributed by atoms with E-state index in [0.717, 1.165) is 12.0 Å². The highest BCUT2D eigenvalue weighted by Gasteiger charge is 2.30. The van der Waals surface area contributed by atoms with Crippen molar-refractivity contribution in [2.45, 2.75) is 11.5 Å². The molecule has 154 valence electrons. The summed E-state index contributed by atoms with van der Waals surface area (Å²) in [5.74, 6) is -0.549. The maximum Gasteiger partial charge on any atom is 0.291 e. The van der Waals surface area contributed by atoms with Crippen molar-refractivity contribution in [1.82, 2.24) is 4.31 Å². The molecule has 0 radical (unpaired) electrons. The van der Waals surface area contributed by atoms with E-state index < -0.39 is 15.9 Å². The third-order valence-electron chi connectivity index (χ3n) is 5.43. The molecule has 1 aliphatic heterocycles. The molecule has 3 aromatic rings. The average Bonchev–Trinajstić information content (AvgIpc) is 3.40. The summed E-state index contributed by atoms with van der Waals surface area (Å²) in [5.41, 5.74) is 5.37. The van der Waals surface area contributed by atoms with Gasteiger partial charge in [-0.2, -0.15) is 4.31 Å². The lowest BCUT2D eigenvalue weighted by Crippen LogP contribution is -2.40. The van der Waals surface area contributed by atoms with Crippen LogP contribution in [0.15, 0.2) is 64.1 Å². The fourth-order valence-corrected chi connectivity index (χ4v) is 5.21. The first kappa shape index (κ1) is 19.0. The van der Waals surface area contributed by atoms with Crippen LogP contribution in [-0.2, 0) is 21.2 Å². The number of hydrogen-bond donors (Lipinski definition) is 1. The number of sulfonamides is 1. The number of fused-ring (bicyclic) bond motifs is 3. The van der Waals surface area contributed by atoms with Gasteiger partial charge in [-0.15, -0.1) is 0 Å². The number of carbonyl (C=O) groups is 1. The summed E-state index contributed by atoms with van der Waals surface area (Å²) in [4.78, 5) is 12.6. The number of benzene rings is 2. The summed E-state index contributed by atoms with van der Waals surface area (Å²) in [6, 6.07) is 16.7. The topological polar surface area (TPSA) is 88.9 Å². The highest BCUT2D eigenvalue weighted by Crippen LogP contribution is 2.37. The van der Waals surface area contributed by atoms with Gasteiger partial charge in [-0.3, -0.25) is 4.79 Å². The monoisotopic (exact) mass is 424 g/mol. The molecule has 1 N–H and O–H groups in total. The number of furan rings is 1. The number of nitrogens with zero attached hydrogens (tertiary/aromatic N) is 1. The van der Waals surface area contributed by atoms with Gasteiger partial charge in [0.1, 0.15) is 0 Å². The Kier molecular flexibility index (Phi) is 4.69. The number of morpholine rings is 1. The first-order valence-electron chi connectivity index (χ1n) is 9.73. The zero-order chi connectivity index (χ0) is 20.7. The van der Waals surface area contributed by atoms with E-state index in [4.69, 9.17) is 9.15 Å². The number of nitrogens with one attached hydrogen (secondary N) is 1. The molecule has 5 rings (SSSR count). The quantitative estimate of drug-likeness (QED) is 0.544. The van der Waals surface area contributed by atoms with Gasteiger partial charge in [0.2, 0.25) is 5.09 Å². The van der Waals surface area contributed by atoms with Crippen LogP contribution in [0.4, 0.5) is 5.69 Å². The SMILES string of the molecule is O=C(Nc1ccc2c(c1)-c1ccccc1C2)c1ccc(S(=O)(=O)N2CCOCC2)o1. The van der Waals surface area contributed by atoms with Gasteiger partial charge in [0.25, 0.3) is 15.9 Å². The minimum atomic E-state index is -3.78. The van der Waals surface area contributed by atoms with E-state index in [-0.39, 0.29) is 23.9 Å². The number of hydrogen-bond acceptors (Lipinski definition) is 5. The molecule has 30 heavy (non-hydrogen) atoms. The molecule has 0 bridgehead atoms. The van der Waals surface area contributed by atoms with E-state index in [9.17, 15) is 13.2 Å². The highest BCUT2D eigenvalue weighted by atomic mass is 32.2. The summed E-state index contributed by atoms with van der Waals surface area (Å²) in [6.45, 7) is 1.21. The van der Waals surface area contributed by atoms with Crippen LogP contribution in [0.25, 0.3) is 11.1 Å². The molecule has 7 nitrogen and oxygen atoms in total. The van der Waals surface area contributed by atoms with Crippen LogP contribution in [0.2, 0.25) is 0 Å². The molecule has 1 saturated heterocycles. The first-order valence-corrected chi connectivity index (χ1v) is 11.2. The van der Waals surface area contributed by atoms with Crippen LogP contribution in [0, 0.1) is 0 Å². The third kappa shape index (κ3) is 3.32. The number of ether oxygens (including phenoxy) is 1. The largest absolute Gasteiger partial charge is 0.438 e. The van der Waals surface area contributed by atoms with Crippen LogP contribution in [0.3, 0.4) is 0 Å². The zero-order valence-electron chi connectivity index (χ0n) is 16.1. The lowest BCUT2D eigenvalue weighted by Gasteiger charge is -2.24. The Morgan fingerprint density at radius 2 is 1.70 bits per heavy atom. The fourth-order valence-electron chi connectivity index (χ4n) is 3.89. The molecule has 2 aromatic carbocycles. The second kappa shape index (κ2) is 7.39. The van der Waals surface area contributed by atoms with Gasteiger partial charge in [-0.1, -0.05) is 30.3 Å². The molecule has 1 aliphatic carbocycles. The summed E-state index contributed by atoms with van der Waals surface area (Å²) in [6.07, 6.45) is 0.876. The van der Waals surface area contributed by atoms with E-state index >= 15 is 0 Å². The smallest absolute Gasteiger partial charge is 0.291 e. The standard InChI is InChI=1S/C22H20N2O5S/c25-22(20-7-8-21(29-20)30(26,27)24-9-11-28-12-10-24)23-17-6-5-16-13-15-3-1-2-4-18(15)19(16)14-17/h1-8,14H,9-13H2,(H,23,25). The first-order chi connectivity index (χ1) is 14.5. The Hall–Kier alpha value is -2.94. The van der Waals surface area contributed by atoms with Crippen LogP contribution >= 0.6 is 0 Å². The van der Waals surface area contributed by atoms with E-state index in [1.807, 2.05) is 30.3 Å². The van der Waals surface area contributed by atoms with Gasteiger partial charge in [-0.05, 0) is 52.9 Å². The van der Waals surface area contributed by atoms with Crippen molar-refractivity contribution < 1.29 is 22.4 Å². The van der Waals surface area contributed by atoms with Crippen molar-refractivity contribution in [2.24, 2.45) is 0 Å². The van der Waals surface area contributed by atoms with E-state index in [0.29, 0.717) is 18.9 Å². The van der Waals surface area contributed by atoms with Crippen molar-refractivity contribution in [1.29, 1.82) is 0 Å². The molecule has 1 fully saturated rings. The lowest BCUT2D eigenvalue weighted by molar-refractivity contribution is 0.0723. The number of amides is 1. The average molecular weight is 424 g/mol. The van der Waals surface area contributed by atoms with Crippen LogP contribution < -0.4 is 5.32 Å². The van der Waals surface area contributed by atoms with Crippen LogP contribution in [-0.4, -0.2) is 44.9 Å². The summed E-state index contributed by atoms with van der Waals surface area (Å²) in [7, 11) is -3.78. The normalized spacial score (nSPS) is 16.1. The van der Waals surface area contributed by atoms with Gasteiger partial charge in [0.15, 0.2) is 5.76 Å². The Balaban J connectivity index is 1.35. The number of carbonyl (C=O) groups excluding carboxylic acids is 1. The van der Waals surface area contributed by atoms with Crippen molar-refractivity contribution >= 4 is 21.6 Å². The zero-order valence-corrected chi connectivity index (χ0v) is 16.9. The minimum absolute atomic E-state index is 0.0530. The van der Waals surface area contributed by atoms with E-state index in [2.05, 4.69) is 17.4 Å². The molecule has 2 aliphatic rings. The molecule has 0 unspecified atom stereocenters. The van der Waals surface area contributed by atoms with E-state index in [1.54, 1.807) is 0 Å². The summed E-state index contributed by atoms with van der Waals surface area (Å²) in [5, 5.41) is 2.56. The van der Waals surface area contributed by atoms with Gasteiger partial charge < -0.3 is 14.5 Å². The molecule has 0 atom stereocenters. The number of anilines is 1. The highest BCUT2D eigenvalue weighted by molar-refractivity contribution is 7.89. The third-order valence-corrected chi connectivity index (χ3v) is 7.20. The van der Waals surface area contributed by atoms with Crippen molar-refractivity contribution in [3.63, 3.8) is 0 Å². The molecular formula is C22H20N2O5S. The van der Waals surface area contributed by atoms with Gasteiger partial charge in [0.05, 0.1) is 13.2 Å². The van der Waals surface area contributed by atoms with E-state index in [1.165, 1.54) is 33.1 Å². The lowest BCUT2D eigenvalue weighted by atomic mass is 10.1. The molecule has 1 amide bonds. The fraction of sp³-hybridized carbons (Fsp3) is 0.227. The Morgan fingerprint density at radius 3 is 2.53 bits per heavy atom. The van der Waals surface area contributed by atoms with Gasteiger partial charge in [-0.25, -0.2) is 8.42 Å². The molecule has 0 saturated carbocycles. The second-order valence-electron chi connectivity index (χ2n) is 7.30. The van der Waals surface area contributed by atoms with Gasteiger partial charge in [0, 0.05) is 18.8 Å². The molecular weight excluding hydrogens is 404 g/mol. The molecule has 1 aromatic heterocycles. The maximum atomic E-state index is 12.7. The Bertz CT molecular complexity index is 1230. The van der Waals surface area contributed by atoms with Crippen molar-refractivity contribution in [3.05, 3.63) is 71.5 Å². The summed E-state index contributed by atoms with van der Waals surface area (Å²) < 4.78 is 37.2. The Morgan fingerprint density at radius 1 is 0.933 bits per heavy atom. The number of rotatable bonds is 4. The minimum Gasteiger partial charge on any atom is -0.438 e. The van der Waals surface area contributed by atoms with Crippen molar-refractivity contribution in [2.75, 3.05) is 31.6 Å². The molecule has 0 spiro atoms. The Labute approximate surface area is 174 Å². The van der Waals surface area contributed by atoms with Crippen LogP contribution in [0.1, 0.15) is 21.7 Å². The molecule has 2 heterocycles. The maximum absolute atomic E-state index is 12.7. The van der Waals surface area contributed by atoms with Gasteiger partial charge >= 0.3 is 0 Å². The van der Waals surface area contributed by atoms with Crippen molar-refractivity contribution in [3.8, 4) is 11.1 Å². The molecule has 8 heteroatoms. The predicted octanol–water partition coefficient (Wildman–Crippen LogP) is 3.12. The van der Waals surface area contributed by atoms with Crippen LogP contribution in [0.5, 0.6) is 0 Å². The summed E-state index contributed by atoms with van der Waals surface area (Å²) >= 11 is 0. The second-order valence-corrected chi connectivity index (χ2v) is 9.16.